The molecular formula is C18H36N2. The van der Waals surface area contributed by atoms with Crippen molar-refractivity contribution < 1.29 is 0 Å². The molecule has 0 amide bonds. The van der Waals surface area contributed by atoms with E-state index in [1.165, 1.54) is 45.2 Å². The van der Waals surface area contributed by atoms with Crippen molar-refractivity contribution in [3.8, 4) is 0 Å². The van der Waals surface area contributed by atoms with Crippen molar-refractivity contribution in [2.24, 2.45) is 23.7 Å². The average Bonchev–Trinajstić information content (AvgIpc) is 2.42. The molecule has 20 heavy (non-hydrogen) atoms. The third kappa shape index (κ3) is 3.98. The molecule has 0 bridgehead atoms. The zero-order chi connectivity index (χ0) is 14.7. The molecule has 0 aromatic carbocycles. The number of rotatable bonds is 4. The molecule has 1 heterocycles. The third-order valence-electron chi connectivity index (χ3n) is 6.05. The smallest absolute Gasteiger partial charge is 0.0105 e. The molecule has 1 aliphatic heterocycles. The second kappa shape index (κ2) is 7.26. The molecule has 1 N–H and O–H groups in total. The van der Waals surface area contributed by atoms with Crippen LogP contribution >= 0.6 is 0 Å². The first-order chi connectivity index (χ1) is 9.51. The number of piperidine rings is 1. The number of nitrogens with zero attached hydrogens (tertiary/aromatic N) is 1. The maximum absolute atomic E-state index is 3.60. The van der Waals surface area contributed by atoms with Gasteiger partial charge in [0, 0.05) is 25.2 Å². The summed E-state index contributed by atoms with van der Waals surface area (Å²) in [5.74, 6) is 3.55. The van der Waals surface area contributed by atoms with Gasteiger partial charge in [-0.1, -0.05) is 20.8 Å². The van der Waals surface area contributed by atoms with Gasteiger partial charge < -0.3 is 10.2 Å². The fourth-order valence-electron chi connectivity index (χ4n) is 4.42. The zero-order valence-corrected chi connectivity index (χ0v) is 14.4. The molecule has 5 atom stereocenters. The van der Waals surface area contributed by atoms with Crippen molar-refractivity contribution in [3.63, 3.8) is 0 Å². The first kappa shape index (κ1) is 16.3. The molecule has 118 valence electrons. The van der Waals surface area contributed by atoms with Crippen molar-refractivity contribution >= 4 is 0 Å². The number of hydrogen-bond acceptors (Lipinski definition) is 2. The van der Waals surface area contributed by atoms with Crippen LogP contribution in [0.4, 0.5) is 0 Å². The van der Waals surface area contributed by atoms with Gasteiger partial charge in [-0.2, -0.15) is 0 Å². The number of nitrogens with one attached hydrogen (secondary N) is 1. The summed E-state index contributed by atoms with van der Waals surface area (Å²) >= 11 is 0. The van der Waals surface area contributed by atoms with Crippen LogP contribution in [-0.4, -0.2) is 37.1 Å². The van der Waals surface area contributed by atoms with E-state index in [0.717, 1.165) is 35.8 Å². The van der Waals surface area contributed by atoms with Gasteiger partial charge >= 0.3 is 0 Å². The van der Waals surface area contributed by atoms with E-state index in [1.807, 2.05) is 0 Å². The van der Waals surface area contributed by atoms with Crippen molar-refractivity contribution in [1.82, 2.24) is 10.2 Å². The summed E-state index contributed by atoms with van der Waals surface area (Å²) < 4.78 is 0. The minimum atomic E-state index is 0.745. The van der Waals surface area contributed by atoms with Gasteiger partial charge in [-0.15, -0.1) is 0 Å². The molecule has 2 rings (SSSR count). The highest BCUT2D eigenvalue weighted by Crippen LogP contribution is 2.35. The molecule has 2 aliphatic rings. The summed E-state index contributed by atoms with van der Waals surface area (Å²) in [4.78, 5) is 2.78. The predicted octanol–water partition coefficient (Wildman–Crippen LogP) is 3.77. The van der Waals surface area contributed by atoms with Crippen molar-refractivity contribution in [2.45, 2.75) is 71.9 Å². The summed E-state index contributed by atoms with van der Waals surface area (Å²) in [5, 5.41) is 3.60. The topological polar surface area (TPSA) is 15.3 Å². The van der Waals surface area contributed by atoms with E-state index < -0.39 is 0 Å². The molecular weight excluding hydrogens is 244 g/mol. The van der Waals surface area contributed by atoms with Crippen LogP contribution in [0.15, 0.2) is 0 Å². The Labute approximate surface area is 126 Å². The Morgan fingerprint density at radius 1 is 1.10 bits per heavy atom. The van der Waals surface area contributed by atoms with Crippen LogP contribution in [0.1, 0.15) is 59.8 Å². The van der Waals surface area contributed by atoms with Crippen molar-refractivity contribution in [1.29, 1.82) is 0 Å². The van der Waals surface area contributed by atoms with Crippen LogP contribution in [0.5, 0.6) is 0 Å². The van der Waals surface area contributed by atoms with Crippen molar-refractivity contribution in [2.75, 3.05) is 20.1 Å². The highest BCUT2D eigenvalue weighted by Gasteiger charge is 2.34. The molecule has 2 nitrogen and oxygen atoms in total. The van der Waals surface area contributed by atoms with Gasteiger partial charge in [0.2, 0.25) is 0 Å². The van der Waals surface area contributed by atoms with Crippen LogP contribution in [0, 0.1) is 23.7 Å². The number of hydrogen-bond donors (Lipinski definition) is 1. The van der Waals surface area contributed by atoms with E-state index in [1.54, 1.807) is 0 Å². The molecule has 0 spiro atoms. The summed E-state index contributed by atoms with van der Waals surface area (Å²) in [6.07, 6.45) is 7.05. The van der Waals surface area contributed by atoms with Gasteiger partial charge in [0.25, 0.3) is 0 Å². The standard InChI is InChI=1S/C18H36N2/c1-13(2)16-8-9-18(19-5)17(10-16)12-20-11-14(3)6-7-15(20)4/h13-19H,6-12H2,1-5H3. The van der Waals surface area contributed by atoms with E-state index in [2.05, 4.69) is 45.0 Å². The van der Waals surface area contributed by atoms with Crippen LogP contribution in [0.2, 0.25) is 0 Å². The quantitative estimate of drug-likeness (QED) is 0.843. The van der Waals surface area contributed by atoms with E-state index in [-0.39, 0.29) is 0 Å². The lowest BCUT2D eigenvalue weighted by Gasteiger charge is -2.44. The van der Waals surface area contributed by atoms with Gasteiger partial charge in [-0.25, -0.2) is 0 Å². The lowest BCUT2D eigenvalue weighted by molar-refractivity contribution is 0.0686. The van der Waals surface area contributed by atoms with Crippen LogP contribution in [-0.2, 0) is 0 Å². The monoisotopic (exact) mass is 280 g/mol. The maximum atomic E-state index is 3.60. The fraction of sp³-hybridized carbons (Fsp3) is 1.00. The lowest BCUT2D eigenvalue weighted by atomic mass is 9.73. The van der Waals surface area contributed by atoms with E-state index in [4.69, 9.17) is 0 Å². The Bertz CT molecular complexity index is 289. The molecule has 0 aromatic heterocycles. The highest BCUT2D eigenvalue weighted by atomic mass is 15.2. The Hall–Kier alpha value is -0.0800. The van der Waals surface area contributed by atoms with E-state index in [9.17, 15) is 0 Å². The maximum Gasteiger partial charge on any atom is 0.0105 e. The first-order valence-electron chi connectivity index (χ1n) is 8.92. The second-order valence-electron chi connectivity index (χ2n) is 7.96. The van der Waals surface area contributed by atoms with Gasteiger partial charge in [0.15, 0.2) is 0 Å². The average molecular weight is 280 g/mol. The van der Waals surface area contributed by atoms with Crippen molar-refractivity contribution in [3.05, 3.63) is 0 Å². The van der Waals surface area contributed by atoms with Crippen LogP contribution < -0.4 is 5.32 Å². The van der Waals surface area contributed by atoms with Crippen LogP contribution in [0.25, 0.3) is 0 Å². The first-order valence-corrected chi connectivity index (χ1v) is 8.92. The molecule has 1 aliphatic carbocycles. The summed E-state index contributed by atoms with van der Waals surface area (Å²) in [6.45, 7) is 12.3. The Balaban J connectivity index is 1.96. The molecule has 0 aromatic rings. The lowest BCUT2D eigenvalue weighted by Crippen LogP contribution is -2.49. The fourth-order valence-corrected chi connectivity index (χ4v) is 4.42. The Morgan fingerprint density at radius 3 is 2.50 bits per heavy atom. The van der Waals surface area contributed by atoms with Crippen LogP contribution in [0.3, 0.4) is 0 Å². The second-order valence-corrected chi connectivity index (χ2v) is 7.96. The third-order valence-corrected chi connectivity index (χ3v) is 6.05. The largest absolute Gasteiger partial charge is 0.317 e. The minimum Gasteiger partial charge on any atom is -0.317 e. The predicted molar refractivity (Wildman–Crippen MR) is 87.9 cm³/mol. The molecule has 2 fully saturated rings. The summed E-state index contributed by atoms with van der Waals surface area (Å²) in [6, 6.07) is 1.54. The van der Waals surface area contributed by atoms with Gasteiger partial charge in [-0.05, 0) is 69.7 Å². The van der Waals surface area contributed by atoms with Gasteiger partial charge in [-0.3, -0.25) is 0 Å². The SMILES string of the molecule is CNC1CCC(C(C)C)CC1CN1CC(C)CCC1C. The molecule has 5 unspecified atom stereocenters. The molecule has 0 radical (unpaired) electrons. The molecule has 1 saturated heterocycles. The Kier molecular flexibility index (Phi) is 5.92. The summed E-state index contributed by atoms with van der Waals surface area (Å²) in [7, 11) is 2.16. The van der Waals surface area contributed by atoms with Gasteiger partial charge in [0.05, 0.1) is 0 Å². The minimum absolute atomic E-state index is 0.745. The zero-order valence-electron chi connectivity index (χ0n) is 14.4. The Morgan fingerprint density at radius 2 is 1.85 bits per heavy atom. The van der Waals surface area contributed by atoms with Gasteiger partial charge in [0.1, 0.15) is 0 Å². The molecule has 1 saturated carbocycles. The van der Waals surface area contributed by atoms with E-state index >= 15 is 0 Å². The molecule has 2 heteroatoms. The normalized spacial score (nSPS) is 40.2. The summed E-state index contributed by atoms with van der Waals surface area (Å²) in [5.41, 5.74) is 0. The highest BCUT2D eigenvalue weighted by molar-refractivity contribution is 4.89. The number of likely N-dealkylation sites (tertiary alicyclic amines) is 1. The van der Waals surface area contributed by atoms with E-state index in [0.29, 0.717) is 0 Å².